The van der Waals surface area contributed by atoms with Crippen LogP contribution in [-0.4, -0.2) is 47.9 Å². The molecular formula is C16H33N2O4P. The van der Waals surface area contributed by atoms with Crippen LogP contribution in [0.3, 0.4) is 0 Å². The molecular weight excluding hydrogens is 315 g/mol. The fourth-order valence-electron chi connectivity index (χ4n) is 3.15. The van der Waals surface area contributed by atoms with Crippen molar-refractivity contribution in [2.24, 2.45) is 0 Å². The number of piperidine rings is 1. The predicted molar refractivity (Wildman–Crippen MR) is 93.6 cm³/mol. The summed E-state index contributed by atoms with van der Waals surface area (Å²) >= 11 is 0. The lowest BCUT2D eigenvalue weighted by Crippen LogP contribution is -2.56. The first kappa shape index (κ1) is 20.5. The van der Waals surface area contributed by atoms with Crippen LogP contribution >= 0.6 is 8.69 Å². The summed E-state index contributed by atoms with van der Waals surface area (Å²) < 4.78 is 21.4. The molecule has 1 unspecified atom stereocenters. The van der Waals surface area contributed by atoms with Crippen LogP contribution in [0.25, 0.3) is 0 Å². The number of nitrogens with zero attached hydrogens (tertiary/aromatic N) is 1. The SMILES string of the molecule is CCC(CC)(CO[PH2]=O)N1CCC(NC(=O)OC(C)(C)C)CC1. The Bertz CT molecular complexity index is 386. The highest BCUT2D eigenvalue weighted by Gasteiger charge is 2.36. The first-order valence-electron chi connectivity index (χ1n) is 8.56. The van der Waals surface area contributed by atoms with Gasteiger partial charge in [0.1, 0.15) is 5.60 Å². The summed E-state index contributed by atoms with van der Waals surface area (Å²) in [6.07, 6.45) is 3.38. The standard InChI is InChI=1S/C16H33N2O4P/c1-6-16(7-2,12-21-23-20)18-10-8-13(9-11-18)17-14(19)22-15(3,4)5/h13H,6-12,23H2,1-5H3,(H,17,19). The number of amides is 1. The molecule has 0 aromatic rings. The first-order valence-corrected chi connectivity index (χ1v) is 9.50. The lowest BCUT2D eigenvalue weighted by Gasteiger charge is -2.46. The van der Waals surface area contributed by atoms with Gasteiger partial charge in [0.15, 0.2) is 8.69 Å². The molecule has 136 valence electrons. The largest absolute Gasteiger partial charge is 0.444 e. The monoisotopic (exact) mass is 348 g/mol. The second-order valence-corrected chi connectivity index (χ2v) is 7.77. The van der Waals surface area contributed by atoms with Gasteiger partial charge in [-0.1, -0.05) is 13.8 Å². The smallest absolute Gasteiger partial charge is 0.407 e. The van der Waals surface area contributed by atoms with Gasteiger partial charge >= 0.3 is 6.09 Å². The van der Waals surface area contributed by atoms with Crippen molar-refractivity contribution in [1.82, 2.24) is 10.2 Å². The van der Waals surface area contributed by atoms with E-state index in [-0.39, 0.29) is 17.7 Å². The third kappa shape index (κ3) is 6.44. The highest BCUT2D eigenvalue weighted by molar-refractivity contribution is 7.17. The summed E-state index contributed by atoms with van der Waals surface area (Å²) in [4.78, 5) is 14.3. The number of carbonyl (C=O) groups is 1. The van der Waals surface area contributed by atoms with Crippen molar-refractivity contribution < 1.29 is 18.6 Å². The third-order valence-electron chi connectivity index (χ3n) is 4.62. The molecule has 1 amide bonds. The summed E-state index contributed by atoms with van der Waals surface area (Å²) in [6, 6.07) is 0.151. The van der Waals surface area contributed by atoms with E-state index in [1.807, 2.05) is 20.8 Å². The highest BCUT2D eigenvalue weighted by Crippen LogP contribution is 2.29. The average molecular weight is 348 g/mol. The predicted octanol–water partition coefficient (Wildman–Crippen LogP) is 3.22. The summed E-state index contributed by atoms with van der Waals surface area (Å²) in [5.41, 5.74) is -0.517. The van der Waals surface area contributed by atoms with Crippen molar-refractivity contribution in [1.29, 1.82) is 0 Å². The minimum atomic E-state index is -1.16. The average Bonchev–Trinajstić information content (AvgIpc) is 2.48. The van der Waals surface area contributed by atoms with Crippen LogP contribution in [0.15, 0.2) is 0 Å². The van der Waals surface area contributed by atoms with Gasteiger partial charge in [-0.15, -0.1) is 0 Å². The van der Waals surface area contributed by atoms with Gasteiger partial charge in [0.05, 0.1) is 6.61 Å². The molecule has 1 rings (SSSR count). The maximum absolute atomic E-state index is 11.9. The van der Waals surface area contributed by atoms with Crippen molar-refractivity contribution in [3.63, 3.8) is 0 Å². The Morgan fingerprint density at radius 1 is 1.22 bits per heavy atom. The van der Waals surface area contributed by atoms with Crippen LogP contribution < -0.4 is 5.32 Å². The number of ether oxygens (including phenoxy) is 1. The normalized spacial score (nSPS) is 18.5. The van der Waals surface area contributed by atoms with E-state index in [9.17, 15) is 9.36 Å². The van der Waals surface area contributed by atoms with Crippen LogP contribution in [-0.2, 0) is 13.8 Å². The van der Waals surface area contributed by atoms with Crippen LogP contribution in [0.5, 0.6) is 0 Å². The molecule has 7 heteroatoms. The molecule has 1 aliphatic heterocycles. The fraction of sp³-hybridized carbons (Fsp3) is 0.938. The topological polar surface area (TPSA) is 67.9 Å². The molecule has 23 heavy (non-hydrogen) atoms. The van der Waals surface area contributed by atoms with Crippen molar-refractivity contribution >= 4 is 14.8 Å². The number of hydrogen-bond donors (Lipinski definition) is 1. The second-order valence-electron chi connectivity index (χ2n) is 7.25. The van der Waals surface area contributed by atoms with E-state index >= 15 is 0 Å². The zero-order chi connectivity index (χ0) is 17.5. The number of hydrogen-bond acceptors (Lipinski definition) is 5. The third-order valence-corrected chi connectivity index (χ3v) is 4.93. The van der Waals surface area contributed by atoms with E-state index in [1.54, 1.807) is 0 Å². The molecule has 6 nitrogen and oxygen atoms in total. The molecule has 0 radical (unpaired) electrons. The van der Waals surface area contributed by atoms with Crippen molar-refractivity contribution in [2.75, 3.05) is 19.7 Å². The van der Waals surface area contributed by atoms with E-state index in [0.717, 1.165) is 38.8 Å². The molecule has 1 heterocycles. The minimum absolute atomic E-state index is 0.0473. The molecule has 1 saturated heterocycles. The van der Waals surface area contributed by atoms with Crippen LogP contribution in [0.4, 0.5) is 4.79 Å². The maximum Gasteiger partial charge on any atom is 0.407 e. The van der Waals surface area contributed by atoms with E-state index in [1.165, 1.54) is 0 Å². The fourth-order valence-corrected chi connectivity index (χ4v) is 3.53. The van der Waals surface area contributed by atoms with Gasteiger partial charge < -0.3 is 14.6 Å². The molecule has 0 aliphatic carbocycles. The van der Waals surface area contributed by atoms with E-state index < -0.39 is 14.3 Å². The number of rotatable bonds is 7. The molecule has 1 N–H and O–H groups in total. The van der Waals surface area contributed by atoms with Crippen LogP contribution in [0.1, 0.15) is 60.3 Å². The molecule has 1 aliphatic rings. The lowest BCUT2D eigenvalue weighted by atomic mass is 9.88. The number of alkyl carbamates (subject to hydrolysis) is 1. The summed E-state index contributed by atoms with van der Waals surface area (Å²) in [6.45, 7) is 12.2. The van der Waals surface area contributed by atoms with E-state index in [2.05, 4.69) is 24.1 Å². The maximum atomic E-state index is 11.9. The Kier molecular flexibility index (Phi) is 8.05. The Hall–Kier alpha value is -0.580. The van der Waals surface area contributed by atoms with Gasteiger partial charge in [0.25, 0.3) is 0 Å². The quantitative estimate of drug-likeness (QED) is 0.716. The van der Waals surface area contributed by atoms with Crippen molar-refractivity contribution in [3.05, 3.63) is 0 Å². The van der Waals surface area contributed by atoms with Gasteiger partial charge in [-0.3, -0.25) is 9.46 Å². The minimum Gasteiger partial charge on any atom is -0.444 e. The number of nitrogens with one attached hydrogen (secondary N) is 1. The highest BCUT2D eigenvalue weighted by atomic mass is 31.1. The summed E-state index contributed by atoms with van der Waals surface area (Å²) in [5.74, 6) is 0. The Morgan fingerprint density at radius 3 is 2.22 bits per heavy atom. The lowest BCUT2D eigenvalue weighted by molar-refractivity contribution is 0.0115. The Morgan fingerprint density at radius 2 is 1.78 bits per heavy atom. The molecule has 0 saturated carbocycles. The molecule has 0 aromatic heterocycles. The van der Waals surface area contributed by atoms with E-state index in [0.29, 0.717) is 6.61 Å². The molecule has 1 fully saturated rings. The Labute approximate surface area is 141 Å². The first-order chi connectivity index (χ1) is 10.8. The van der Waals surface area contributed by atoms with Gasteiger partial charge in [0.2, 0.25) is 0 Å². The zero-order valence-electron chi connectivity index (χ0n) is 15.2. The van der Waals surface area contributed by atoms with E-state index in [4.69, 9.17) is 9.26 Å². The molecule has 0 spiro atoms. The number of carbonyl (C=O) groups excluding carboxylic acids is 1. The zero-order valence-corrected chi connectivity index (χ0v) is 16.3. The second kappa shape index (κ2) is 9.05. The molecule has 1 atom stereocenters. The summed E-state index contributed by atoms with van der Waals surface area (Å²) in [5, 5.41) is 2.96. The van der Waals surface area contributed by atoms with Crippen molar-refractivity contribution in [3.8, 4) is 0 Å². The van der Waals surface area contributed by atoms with Crippen molar-refractivity contribution in [2.45, 2.75) is 77.5 Å². The molecule has 0 bridgehead atoms. The number of likely N-dealkylation sites (tertiary alicyclic amines) is 1. The van der Waals surface area contributed by atoms with Gasteiger partial charge in [-0.05, 0) is 46.5 Å². The van der Waals surface area contributed by atoms with Crippen LogP contribution in [0, 0.1) is 0 Å². The Balaban J connectivity index is 2.53. The summed E-state index contributed by atoms with van der Waals surface area (Å²) in [7, 11) is -1.16. The van der Waals surface area contributed by atoms with Gasteiger partial charge in [-0.2, -0.15) is 0 Å². The van der Waals surface area contributed by atoms with Crippen LogP contribution in [0.2, 0.25) is 0 Å². The molecule has 0 aromatic carbocycles. The van der Waals surface area contributed by atoms with Gasteiger partial charge in [0, 0.05) is 24.7 Å². The van der Waals surface area contributed by atoms with Gasteiger partial charge in [-0.25, -0.2) is 4.79 Å².